The highest BCUT2D eigenvalue weighted by molar-refractivity contribution is 6.32. The van der Waals surface area contributed by atoms with Crippen LogP contribution in [-0.4, -0.2) is 24.0 Å². The number of benzene rings is 1. The van der Waals surface area contributed by atoms with Crippen LogP contribution in [0.15, 0.2) is 40.8 Å². The van der Waals surface area contributed by atoms with E-state index in [2.05, 4.69) is 10.6 Å². The predicted molar refractivity (Wildman–Crippen MR) is 86.1 cm³/mol. The van der Waals surface area contributed by atoms with Crippen LogP contribution in [0.1, 0.15) is 29.8 Å². The van der Waals surface area contributed by atoms with Gasteiger partial charge in [0.05, 0.1) is 5.02 Å². The van der Waals surface area contributed by atoms with E-state index < -0.39 is 0 Å². The smallest absolute Gasteiger partial charge is 0.290 e. The topological polar surface area (TPSA) is 63.5 Å². The van der Waals surface area contributed by atoms with Gasteiger partial charge in [0, 0.05) is 24.2 Å². The number of amides is 1. The van der Waals surface area contributed by atoms with Crippen molar-refractivity contribution in [3.8, 4) is 11.7 Å². The van der Waals surface area contributed by atoms with Gasteiger partial charge in [0.15, 0.2) is 5.76 Å². The molecule has 6 heteroatoms. The second kappa shape index (κ2) is 5.91. The molecular weight excluding hydrogens is 316 g/mol. The lowest BCUT2D eigenvalue weighted by molar-refractivity contribution is 0.0898. The second-order valence-corrected chi connectivity index (χ2v) is 6.42. The highest BCUT2D eigenvalue weighted by atomic mass is 35.5. The molecule has 2 aliphatic heterocycles. The average Bonchev–Trinajstić information content (AvgIpc) is 3.26. The summed E-state index contributed by atoms with van der Waals surface area (Å²) in [7, 11) is 0. The zero-order valence-electron chi connectivity index (χ0n) is 12.4. The molecule has 23 heavy (non-hydrogen) atoms. The van der Waals surface area contributed by atoms with Crippen molar-refractivity contribution in [2.75, 3.05) is 0 Å². The Labute approximate surface area is 139 Å². The fourth-order valence-electron chi connectivity index (χ4n) is 3.36. The summed E-state index contributed by atoms with van der Waals surface area (Å²) in [5.74, 6) is 0.773. The summed E-state index contributed by atoms with van der Waals surface area (Å²) >= 11 is 6.04. The van der Waals surface area contributed by atoms with Crippen molar-refractivity contribution in [2.45, 2.75) is 37.4 Å². The lowest BCUT2D eigenvalue weighted by Gasteiger charge is -2.20. The molecule has 0 saturated carbocycles. The van der Waals surface area contributed by atoms with Crippen molar-refractivity contribution in [1.82, 2.24) is 10.6 Å². The lowest BCUT2D eigenvalue weighted by Crippen LogP contribution is -2.42. The Bertz CT molecular complexity index is 730. The highest BCUT2D eigenvalue weighted by Crippen LogP contribution is 2.31. The molecule has 5 nitrogen and oxygen atoms in total. The molecule has 2 fully saturated rings. The van der Waals surface area contributed by atoms with Crippen LogP contribution in [0, 0.1) is 0 Å². The minimum atomic E-state index is -0.210. The van der Waals surface area contributed by atoms with Crippen molar-refractivity contribution in [2.24, 2.45) is 0 Å². The molecule has 1 aromatic carbocycles. The van der Waals surface area contributed by atoms with Gasteiger partial charge in [-0.15, -0.1) is 0 Å². The average molecular weight is 333 g/mol. The summed E-state index contributed by atoms with van der Waals surface area (Å²) in [6.45, 7) is 0. The fourth-order valence-corrected chi connectivity index (χ4v) is 3.53. The third-order valence-corrected chi connectivity index (χ3v) is 4.78. The standard InChI is InChI=1S/C17H17ClN2O3/c18-11-3-1-2-4-14(11)22-16-8-7-15(23-16)17(21)20-13-9-10-5-6-12(13)19-10/h1-4,7-8,10,12-13,19H,5-6,9H2,(H,20,21). The number of halogens is 1. The second-order valence-electron chi connectivity index (χ2n) is 6.01. The molecule has 4 rings (SSSR count). The van der Waals surface area contributed by atoms with Crippen molar-refractivity contribution >= 4 is 17.5 Å². The van der Waals surface area contributed by atoms with Crippen LogP contribution in [0.2, 0.25) is 5.02 Å². The Hall–Kier alpha value is -1.98. The SMILES string of the molecule is O=C(NC1CC2CCC1N2)c1ccc(Oc2ccccc2Cl)o1. The van der Waals surface area contributed by atoms with Gasteiger partial charge in [-0.2, -0.15) is 0 Å². The summed E-state index contributed by atoms with van der Waals surface area (Å²) in [5, 5.41) is 7.02. The first-order chi connectivity index (χ1) is 11.2. The third kappa shape index (κ3) is 2.94. The zero-order chi connectivity index (χ0) is 15.8. The number of rotatable bonds is 4. The number of hydrogen-bond acceptors (Lipinski definition) is 4. The monoisotopic (exact) mass is 332 g/mol. The van der Waals surface area contributed by atoms with Crippen LogP contribution >= 0.6 is 11.6 Å². The van der Waals surface area contributed by atoms with E-state index in [0.717, 1.165) is 12.8 Å². The van der Waals surface area contributed by atoms with E-state index in [1.54, 1.807) is 24.3 Å². The largest absolute Gasteiger partial charge is 0.424 e. The molecule has 3 heterocycles. The Balaban J connectivity index is 1.41. The van der Waals surface area contributed by atoms with Crippen molar-refractivity contribution < 1.29 is 13.9 Å². The fraction of sp³-hybridized carbons (Fsp3) is 0.353. The van der Waals surface area contributed by atoms with E-state index in [1.807, 2.05) is 12.1 Å². The van der Waals surface area contributed by atoms with Crippen LogP contribution in [0.5, 0.6) is 11.7 Å². The summed E-state index contributed by atoms with van der Waals surface area (Å²) in [6.07, 6.45) is 3.31. The minimum Gasteiger partial charge on any atom is -0.424 e. The summed E-state index contributed by atoms with van der Waals surface area (Å²) in [4.78, 5) is 12.3. The Morgan fingerprint density at radius 3 is 2.87 bits per heavy atom. The molecule has 1 amide bonds. The Kier molecular flexibility index (Phi) is 3.75. The van der Waals surface area contributed by atoms with Gasteiger partial charge in [0.1, 0.15) is 5.75 Å². The van der Waals surface area contributed by atoms with Gasteiger partial charge in [0.25, 0.3) is 11.9 Å². The predicted octanol–water partition coefficient (Wildman–Crippen LogP) is 3.35. The number of carbonyl (C=O) groups excluding carboxylic acids is 1. The van der Waals surface area contributed by atoms with Gasteiger partial charge in [-0.3, -0.25) is 4.79 Å². The van der Waals surface area contributed by atoms with Gasteiger partial charge in [-0.25, -0.2) is 0 Å². The molecule has 2 aliphatic rings. The van der Waals surface area contributed by atoms with Crippen LogP contribution in [0.3, 0.4) is 0 Å². The Morgan fingerprint density at radius 1 is 1.26 bits per heavy atom. The minimum absolute atomic E-state index is 0.180. The van der Waals surface area contributed by atoms with Gasteiger partial charge >= 0.3 is 0 Å². The van der Waals surface area contributed by atoms with E-state index >= 15 is 0 Å². The quantitative estimate of drug-likeness (QED) is 0.901. The summed E-state index contributed by atoms with van der Waals surface area (Å²) < 4.78 is 11.0. The first-order valence-corrected chi connectivity index (χ1v) is 8.16. The first kappa shape index (κ1) is 14.6. The molecule has 2 N–H and O–H groups in total. The lowest BCUT2D eigenvalue weighted by atomic mass is 9.95. The molecule has 120 valence electrons. The van der Waals surface area contributed by atoms with E-state index in [0.29, 0.717) is 22.9 Å². The van der Waals surface area contributed by atoms with E-state index in [4.69, 9.17) is 20.8 Å². The van der Waals surface area contributed by atoms with E-state index in [9.17, 15) is 4.79 Å². The van der Waals surface area contributed by atoms with Crippen LogP contribution < -0.4 is 15.4 Å². The van der Waals surface area contributed by atoms with Crippen LogP contribution in [-0.2, 0) is 0 Å². The molecule has 3 unspecified atom stereocenters. The molecular formula is C17H17ClN2O3. The van der Waals surface area contributed by atoms with Crippen molar-refractivity contribution in [3.05, 3.63) is 47.2 Å². The number of nitrogens with one attached hydrogen (secondary N) is 2. The number of ether oxygens (including phenoxy) is 1. The maximum atomic E-state index is 12.3. The molecule has 0 spiro atoms. The number of para-hydroxylation sites is 1. The van der Waals surface area contributed by atoms with Gasteiger partial charge < -0.3 is 19.8 Å². The molecule has 2 saturated heterocycles. The molecule has 2 bridgehead atoms. The van der Waals surface area contributed by atoms with E-state index in [-0.39, 0.29) is 23.7 Å². The maximum Gasteiger partial charge on any atom is 0.290 e. The first-order valence-electron chi connectivity index (χ1n) is 7.78. The maximum absolute atomic E-state index is 12.3. The van der Waals surface area contributed by atoms with E-state index in [1.165, 1.54) is 6.42 Å². The normalized spacial score (nSPS) is 25.5. The number of furan rings is 1. The van der Waals surface area contributed by atoms with Gasteiger partial charge in [-0.05, 0) is 37.5 Å². The number of carbonyl (C=O) groups is 1. The molecule has 0 aliphatic carbocycles. The van der Waals surface area contributed by atoms with Crippen molar-refractivity contribution in [3.63, 3.8) is 0 Å². The number of hydrogen-bond donors (Lipinski definition) is 2. The zero-order valence-corrected chi connectivity index (χ0v) is 13.2. The van der Waals surface area contributed by atoms with Gasteiger partial charge in [0.2, 0.25) is 0 Å². The highest BCUT2D eigenvalue weighted by Gasteiger charge is 2.39. The number of fused-ring (bicyclic) bond motifs is 2. The summed E-state index contributed by atoms with van der Waals surface area (Å²) in [5.41, 5.74) is 0. The van der Waals surface area contributed by atoms with Crippen molar-refractivity contribution in [1.29, 1.82) is 0 Å². The third-order valence-electron chi connectivity index (χ3n) is 4.47. The van der Waals surface area contributed by atoms with Gasteiger partial charge in [-0.1, -0.05) is 23.7 Å². The van der Waals surface area contributed by atoms with Crippen LogP contribution in [0.25, 0.3) is 0 Å². The molecule has 1 aromatic heterocycles. The Morgan fingerprint density at radius 2 is 2.13 bits per heavy atom. The van der Waals surface area contributed by atoms with Crippen LogP contribution in [0.4, 0.5) is 0 Å². The summed E-state index contributed by atoms with van der Waals surface area (Å²) in [6, 6.07) is 11.5. The molecule has 3 atom stereocenters. The molecule has 2 aromatic rings. The molecule has 0 radical (unpaired) electrons.